The number of nitrogens with one attached hydrogen (secondary N) is 1. The summed E-state index contributed by atoms with van der Waals surface area (Å²) in [5.41, 5.74) is 1.42. The first-order chi connectivity index (χ1) is 8.34. The maximum absolute atomic E-state index is 4.33. The number of hydrogen-bond acceptors (Lipinski definition) is 3. The first-order valence-corrected chi connectivity index (χ1v) is 6.75. The zero-order valence-electron chi connectivity index (χ0n) is 10.6. The molecule has 0 aliphatic carbocycles. The molecule has 94 valence electrons. The molecular weight excluding hydrogens is 212 g/mol. The first kappa shape index (κ1) is 11.2. The van der Waals surface area contributed by atoms with Gasteiger partial charge in [-0.1, -0.05) is 6.42 Å². The molecule has 4 nitrogen and oxygen atoms in total. The zero-order valence-corrected chi connectivity index (χ0v) is 10.6. The van der Waals surface area contributed by atoms with Gasteiger partial charge in [-0.25, -0.2) is 4.98 Å². The minimum Gasteiger partial charge on any atom is -0.333 e. The van der Waals surface area contributed by atoms with E-state index in [1.165, 1.54) is 31.5 Å². The van der Waals surface area contributed by atoms with Crippen molar-refractivity contribution >= 4 is 0 Å². The highest BCUT2D eigenvalue weighted by molar-refractivity contribution is 5.11. The van der Waals surface area contributed by atoms with E-state index in [1.54, 1.807) is 0 Å². The van der Waals surface area contributed by atoms with Crippen molar-refractivity contribution < 1.29 is 0 Å². The molecule has 1 atom stereocenters. The van der Waals surface area contributed by atoms with E-state index < -0.39 is 0 Å². The van der Waals surface area contributed by atoms with Crippen molar-refractivity contribution in [3.63, 3.8) is 0 Å². The molecule has 2 fully saturated rings. The van der Waals surface area contributed by atoms with Crippen LogP contribution in [0.25, 0.3) is 0 Å². The molecular formula is C13H22N4. The maximum atomic E-state index is 4.33. The lowest BCUT2D eigenvalue weighted by molar-refractivity contribution is 0.165. The summed E-state index contributed by atoms with van der Waals surface area (Å²) in [6.07, 6.45) is 8.13. The van der Waals surface area contributed by atoms with E-state index >= 15 is 0 Å². The van der Waals surface area contributed by atoms with Crippen LogP contribution in [0.2, 0.25) is 0 Å². The fourth-order valence-corrected chi connectivity index (χ4v) is 2.92. The molecule has 1 N–H and O–H groups in total. The number of rotatable bonds is 3. The Morgan fingerprint density at radius 3 is 3.00 bits per heavy atom. The van der Waals surface area contributed by atoms with Crippen molar-refractivity contribution in [1.82, 2.24) is 19.8 Å². The van der Waals surface area contributed by atoms with Crippen LogP contribution in [0.15, 0.2) is 12.5 Å². The quantitative estimate of drug-likeness (QED) is 0.849. The second-order valence-corrected chi connectivity index (χ2v) is 5.46. The van der Waals surface area contributed by atoms with Crippen LogP contribution in [0.1, 0.15) is 30.9 Å². The van der Waals surface area contributed by atoms with Gasteiger partial charge >= 0.3 is 0 Å². The number of nitrogens with zero attached hydrogens (tertiary/aromatic N) is 3. The predicted octanol–water partition coefficient (Wildman–Crippen LogP) is 1.05. The second kappa shape index (κ2) is 4.78. The third-order valence-corrected chi connectivity index (χ3v) is 4.27. The van der Waals surface area contributed by atoms with E-state index in [2.05, 4.69) is 26.8 Å². The molecule has 3 rings (SSSR count). The van der Waals surface area contributed by atoms with Gasteiger partial charge in [0.1, 0.15) is 0 Å². The summed E-state index contributed by atoms with van der Waals surface area (Å²) in [7, 11) is 2.26. The molecule has 2 aliphatic heterocycles. The second-order valence-electron chi connectivity index (χ2n) is 5.46. The van der Waals surface area contributed by atoms with Crippen LogP contribution in [-0.2, 0) is 6.54 Å². The van der Waals surface area contributed by atoms with Crippen molar-refractivity contribution in [1.29, 1.82) is 0 Å². The normalized spacial score (nSPS) is 27.0. The van der Waals surface area contributed by atoms with Crippen molar-refractivity contribution in [2.45, 2.75) is 37.8 Å². The molecule has 4 heteroatoms. The molecule has 3 heterocycles. The van der Waals surface area contributed by atoms with E-state index in [1.807, 2.05) is 12.5 Å². The summed E-state index contributed by atoms with van der Waals surface area (Å²) < 4.78 is 2.37. The van der Waals surface area contributed by atoms with Crippen LogP contribution in [0.4, 0.5) is 0 Å². The predicted molar refractivity (Wildman–Crippen MR) is 68.1 cm³/mol. The number of likely N-dealkylation sites (tertiary alicyclic amines) is 1. The summed E-state index contributed by atoms with van der Waals surface area (Å²) in [6.45, 7) is 4.60. The largest absolute Gasteiger partial charge is 0.333 e. The SMILES string of the molecule is CN1CCCCC1Cn1cncc1C1CNC1. The van der Waals surface area contributed by atoms with Crippen LogP contribution >= 0.6 is 0 Å². The molecule has 1 unspecified atom stereocenters. The van der Waals surface area contributed by atoms with E-state index in [0.717, 1.165) is 19.6 Å². The zero-order chi connectivity index (χ0) is 11.7. The van der Waals surface area contributed by atoms with Gasteiger partial charge < -0.3 is 14.8 Å². The van der Waals surface area contributed by atoms with Gasteiger partial charge in [0.2, 0.25) is 0 Å². The number of aromatic nitrogens is 2. The lowest BCUT2D eigenvalue weighted by Gasteiger charge is -2.34. The summed E-state index contributed by atoms with van der Waals surface area (Å²) in [6, 6.07) is 0.699. The van der Waals surface area contributed by atoms with Crippen LogP contribution in [-0.4, -0.2) is 47.2 Å². The Morgan fingerprint density at radius 2 is 2.29 bits per heavy atom. The summed E-state index contributed by atoms with van der Waals surface area (Å²) in [4.78, 5) is 6.84. The van der Waals surface area contributed by atoms with Gasteiger partial charge in [-0.3, -0.25) is 0 Å². The van der Waals surface area contributed by atoms with Gasteiger partial charge in [0.05, 0.1) is 6.33 Å². The first-order valence-electron chi connectivity index (χ1n) is 6.75. The maximum Gasteiger partial charge on any atom is 0.0948 e. The van der Waals surface area contributed by atoms with Crippen molar-refractivity contribution in [2.24, 2.45) is 0 Å². The van der Waals surface area contributed by atoms with Gasteiger partial charge in [0, 0.05) is 43.5 Å². The molecule has 0 spiro atoms. The molecule has 2 aliphatic rings. The lowest BCUT2D eigenvalue weighted by atomic mass is 9.99. The highest BCUT2D eigenvalue weighted by Crippen LogP contribution is 2.22. The summed E-state index contributed by atoms with van der Waals surface area (Å²) in [5.74, 6) is 0.686. The van der Waals surface area contributed by atoms with Crippen LogP contribution < -0.4 is 5.32 Å². The average Bonchev–Trinajstić information content (AvgIpc) is 2.68. The Bertz CT molecular complexity index is 369. The number of piperidine rings is 1. The van der Waals surface area contributed by atoms with Crippen LogP contribution in [0.3, 0.4) is 0 Å². The standard InChI is InChI=1S/C13H22N4/c1-16-5-3-2-4-12(16)9-17-10-15-8-13(17)11-6-14-7-11/h8,10-12,14H,2-7,9H2,1H3. The molecule has 0 saturated carbocycles. The topological polar surface area (TPSA) is 33.1 Å². The molecule has 0 amide bonds. The van der Waals surface area contributed by atoms with E-state index in [9.17, 15) is 0 Å². The Labute approximate surface area is 103 Å². The smallest absolute Gasteiger partial charge is 0.0948 e. The fraction of sp³-hybridized carbons (Fsp3) is 0.769. The fourth-order valence-electron chi connectivity index (χ4n) is 2.92. The summed E-state index contributed by atoms with van der Waals surface area (Å²) in [5, 5.41) is 3.34. The van der Waals surface area contributed by atoms with Gasteiger partial charge in [-0.2, -0.15) is 0 Å². The number of hydrogen-bond donors (Lipinski definition) is 1. The Morgan fingerprint density at radius 1 is 1.41 bits per heavy atom. The molecule has 2 saturated heterocycles. The Balaban J connectivity index is 1.69. The monoisotopic (exact) mass is 234 g/mol. The minimum absolute atomic E-state index is 0.686. The van der Waals surface area contributed by atoms with Crippen LogP contribution in [0, 0.1) is 0 Å². The van der Waals surface area contributed by atoms with Gasteiger partial charge in [0.15, 0.2) is 0 Å². The molecule has 1 aromatic rings. The molecule has 0 radical (unpaired) electrons. The summed E-state index contributed by atoms with van der Waals surface area (Å²) >= 11 is 0. The van der Waals surface area contributed by atoms with Crippen molar-refractivity contribution in [2.75, 3.05) is 26.7 Å². The van der Waals surface area contributed by atoms with Gasteiger partial charge in [0.25, 0.3) is 0 Å². The molecule has 0 aromatic carbocycles. The van der Waals surface area contributed by atoms with Crippen molar-refractivity contribution in [3.05, 3.63) is 18.2 Å². The van der Waals surface area contributed by atoms with Crippen molar-refractivity contribution in [3.8, 4) is 0 Å². The highest BCUT2D eigenvalue weighted by Gasteiger charge is 2.25. The van der Waals surface area contributed by atoms with E-state index in [0.29, 0.717) is 12.0 Å². The van der Waals surface area contributed by atoms with Gasteiger partial charge in [-0.15, -0.1) is 0 Å². The number of imidazole rings is 1. The third kappa shape index (κ3) is 2.24. The molecule has 0 bridgehead atoms. The Hall–Kier alpha value is -0.870. The average molecular weight is 234 g/mol. The van der Waals surface area contributed by atoms with Gasteiger partial charge in [-0.05, 0) is 26.4 Å². The number of likely N-dealkylation sites (N-methyl/N-ethyl adjacent to an activating group) is 1. The Kier molecular flexibility index (Phi) is 3.16. The molecule has 17 heavy (non-hydrogen) atoms. The van der Waals surface area contributed by atoms with E-state index in [4.69, 9.17) is 0 Å². The minimum atomic E-state index is 0.686. The van der Waals surface area contributed by atoms with E-state index in [-0.39, 0.29) is 0 Å². The lowest BCUT2D eigenvalue weighted by Crippen LogP contribution is -2.43. The van der Waals surface area contributed by atoms with Crippen LogP contribution in [0.5, 0.6) is 0 Å². The third-order valence-electron chi connectivity index (χ3n) is 4.27. The molecule has 1 aromatic heterocycles. The highest BCUT2D eigenvalue weighted by atomic mass is 15.2.